The van der Waals surface area contributed by atoms with Gasteiger partial charge in [0, 0.05) is 0 Å². The molecule has 0 amide bonds. The summed E-state index contributed by atoms with van der Waals surface area (Å²) >= 11 is 0. The predicted molar refractivity (Wildman–Crippen MR) is 72.2 cm³/mol. The molecule has 0 saturated heterocycles. The average molecular weight is 208 g/mol. The first kappa shape index (κ1) is 13.1. The fourth-order valence-corrected chi connectivity index (χ4v) is 3.00. The molecule has 1 rings (SSSR count). The van der Waals surface area contributed by atoms with Crippen LogP contribution in [0, 0.1) is 11.8 Å². The third-order valence-corrected chi connectivity index (χ3v) is 4.27. The normalized spacial score (nSPS) is 35.7. The summed E-state index contributed by atoms with van der Waals surface area (Å²) in [5.74, 6) is 2.97. The van der Waals surface area contributed by atoms with E-state index >= 15 is 0 Å². The maximum Gasteiger partial charge on any atom is 0.105 e. The molecule has 0 aromatic rings. The van der Waals surface area contributed by atoms with Gasteiger partial charge in [-0.1, -0.05) is 77.5 Å². The summed E-state index contributed by atoms with van der Waals surface area (Å²) in [6, 6.07) is 0. The smallest absolute Gasteiger partial charge is 0.0695 e. The lowest BCUT2D eigenvalue weighted by molar-refractivity contribution is 0.365. The van der Waals surface area contributed by atoms with Crippen molar-refractivity contribution >= 4 is 7.85 Å². The molecule has 0 aliphatic heterocycles. The zero-order valence-electron chi connectivity index (χ0n) is 11.1. The standard InChI is InChI=1S/C14H29B/c1-3-13-10-9-12(2)7-5-4-6-8-14(15)11-13/h12-14H,3-11,15H2,1-2H3. The highest BCUT2D eigenvalue weighted by atomic mass is 14.2. The van der Waals surface area contributed by atoms with Gasteiger partial charge in [0.2, 0.25) is 0 Å². The topological polar surface area (TPSA) is 0 Å². The quantitative estimate of drug-likeness (QED) is 0.566. The lowest BCUT2D eigenvalue weighted by Gasteiger charge is -2.20. The van der Waals surface area contributed by atoms with Crippen molar-refractivity contribution in [1.29, 1.82) is 0 Å². The van der Waals surface area contributed by atoms with E-state index in [0.717, 1.165) is 17.7 Å². The number of hydrogen-bond acceptors (Lipinski definition) is 0. The minimum atomic E-state index is 0.975. The molecule has 88 valence electrons. The van der Waals surface area contributed by atoms with Crippen molar-refractivity contribution in [1.82, 2.24) is 0 Å². The van der Waals surface area contributed by atoms with Gasteiger partial charge < -0.3 is 0 Å². The van der Waals surface area contributed by atoms with E-state index in [4.69, 9.17) is 0 Å². The second kappa shape index (κ2) is 7.36. The molecular formula is C14H29B. The van der Waals surface area contributed by atoms with Gasteiger partial charge in [-0.05, 0) is 11.8 Å². The molecule has 0 nitrogen and oxygen atoms in total. The van der Waals surface area contributed by atoms with Crippen molar-refractivity contribution in [2.24, 2.45) is 11.8 Å². The van der Waals surface area contributed by atoms with Crippen LogP contribution in [0.4, 0.5) is 0 Å². The highest BCUT2D eigenvalue weighted by molar-refractivity contribution is 6.11. The molecule has 1 fully saturated rings. The molecule has 3 atom stereocenters. The first-order chi connectivity index (χ1) is 7.22. The molecule has 0 aromatic carbocycles. The highest BCUT2D eigenvalue weighted by Gasteiger charge is 2.14. The van der Waals surface area contributed by atoms with Gasteiger partial charge in [0.05, 0.1) is 0 Å². The van der Waals surface area contributed by atoms with E-state index < -0.39 is 0 Å². The van der Waals surface area contributed by atoms with E-state index in [1.807, 2.05) is 0 Å². The molecule has 0 N–H and O–H groups in total. The van der Waals surface area contributed by atoms with Crippen LogP contribution in [0.1, 0.15) is 71.6 Å². The van der Waals surface area contributed by atoms with E-state index in [0.29, 0.717) is 0 Å². The largest absolute Gasteiger partial charge is 0.105 e. The fraction of sp³-hybridized carbons (Fsp3) is 1.00. The molecule has 15 heavy (non-hydrogen) atoms. The van der Waals surface area contributed by atoms with Crippen LogP contribution in [0.15, 0.2) is 0 Å². The third kappa shape index (κ3) is 5.63. The second-order valence-electron chi connectivity index (χ2n) is 5.94. The number of rotatable bonds is 1. The van der Waals surface area contributed by atoms with Crippen LogP contribution in [0.5, 0.6) is 0 Å². The van der Waals surface area contributed by atoms with Crippen LogP contribution in [-0.4, -0.2) is 7.85 Å². The summed E-state index contributed by atoms with van der Waals surface area (Å²) in [5.41, 5.74) is 0. The molecule has 0 aromatic heterocycles. The Bertz CT molecular complexity index is 155. The Hall–Kier alpha value is 0.0649. The minimum absolute atomic E-state index is 0.975. The molecule has 0 spiro atoms. The van der Waals surface area contributed by atoms with Gasteiger partial charge in [-0.25, -0.2) is 0 Å². The van der Waals surface area contributed by atoms with Crippen molar-refractivity contribution in [2.75, 3.05) is 0 Å². The molecule has 1 aliphatic carbocycles. The molecule has 1 heteroatoms. The highest BCUT2D eigenvalue weighted by Crippen LogP contribution is 2.30. The van der Waals surface area contributed by atoms with E-state index in [2.05, 4.69) is 21.7 Å². The van der Waals surface area contributed by atoms with Gasteiger partial charge in [-0.15, -0.1) is 0 Å². The van der Waals surface area contributed by atoms with Gasteiger partial charge in [-0.2, -0.15) is 0 Å². The van der Waals surface area contributed by atoms with Gasteiger partial charge in [0.1, 0.15) is 7.85 Å². The first-order valence-electron chi connectivity index (χ1n) is 7.22. The van der Waals surface area contributed by atoms with E-state index in [1.165, 1.54) is 57.8 Å². The SMILES string of the molecule is BC1CCCCCC(C)CCC(CC)C1. The molecule has 0 radical (unpaired) electrons. The summed E-state index contributed by atoms with van der Waals surface area (Å²) in [5, 5.41) is 0. The summed E-state index contributed by atoms with van der Waals surface area (Å²) in [6.45, 7) is 4.83. The second-order valence-corrected chi connectivity index (χ2v) is 5.94. The molecule has 0 heterocycles. The lowest BCUT2D eigenvalue weighted by Crippen LogP contribution is -2.06. The van der Waals surface area contributed by atoms with E-state index in [1.54, 1.807) is 0 Å². The maximum atomic E-state index is 2.46. The first-order valence-corrected chi connectivity index (χ1v) is 7.22. The molecular weight excluding hydrogens is 179 g/mol. The molecule has 1 saturated carbocycles. The molecule has 3 unspecified atom stereocenters. The van der Waals surface area contributed by atoms with Crippen molar-refractivity contribution in [2.45, 2.75) is 77.5 Å². The number of hydrogen-bond donors (Lipinski definition) is 0. The minimum Gasteiger partial charge on any atom is -0.0695 e. The Morgan fingerprint density at radius 2 is 1.73 bits per heavy atom. The molecule has 0 bridgehead atoms. The van der Waals surface area contributed by atoms with Gasteiger partial charge in [-0.3, -0.25) is 0 Å². The Morgan fingerprint density at radius 1 is 1.00 bits per heavy atom. The fourth-order valence-electron chi connectivity index (χ4n) is 3.00. The van der Waals surface area contributed by atoms with Crippen LogP contribution in [-0.2, 0) is 0 Å². The maximum absolute atomic E-state index is 2.46. The zero-order valence-corrected chi connectivity index (χ0v) is 11.1. The van der Waals surface area contributed by atoms with Crippen LogP contribution in [0.3, 0.4) is 0 Å². The van der Waals surface area contributed by atoms with Crippen LogP contribution < -0.4 is 0 Å². The summed E-state index contributed by atoms with van der Waals surface area (Å²) in [7, 11) is 2.46. The Morgan fingerprint density at radius 3 is 2.47 bits per heavy atom. The van der Waals surface area contributed by atoms with Crippen molar-refractivity contribution < 1.29 is 0 Å². The van der Waals surface area contributed by atoms with Crippen molar-refractivity contribution in [3.63, 3.8) is 0 Å². The van der Waals surface area contributed by atoms with Gasteiger partial charge in [0.15, 0.2) is 0 Å². The van der Waals surface area contributed by atoms with Gasteiger partial charge in [0.25, 0.3) is 0 Å². The summed E-state index contributed by atoms with van der Waals surface area (Å²) in [6.07, 6.45) is 13.2. The van der Waals surface area contributed by atoms with Gasteiger partial charge >= 0.3 is 0 Å². The summed E-state index contributed by atoms with van der Waals surface area (Å²) < 4.78 is 0. The monoisotopic (exact) mass is 208 g/mol. The van der Waals surface area contributed by atoms with Crippen LogP contribution >= 0.6 is 0 Å². The van der Waals surface area contributed by atoms with Crippen LogP contribution in [0.25, 0.3) is 0 Å². The molecule has 1 aliphatic rings. The van der Waals surface area contributed by atoms with E-state index in [-0.39, 0.29) is 0 Å². The zero-order chi connectivity index (χ0) is 11.1. The lowest BCUT2D eigenvalue weighted by atomic mass is 9.75. The third-order valence-electron chi connectivity index (χ3n) is 4.27. The predicted octanol–water partition coefficient (Wildman–Crippen LogP) is 4.20. The summed E-state index contributed by atoms with van der Waals surface area (Å²) in [4.78, 5) is 0. The van der Waals surface area contributed by atoms with Crippen molar-refractivity contribution in [3.05, 3.63) is 0 Å². The van der Waals surface area contributed by atoms with Crippen molar-refractivity contribution in [3.8, 4) is 0 Å². The Balaban J connectivity index is 2.40. The van der Waals surface area contributed by atoms with E-state index in [9.17, 15) is 0 Å². The Kier molecular flexibility index (Phi) is 6.44. The Labute approximate surface area is 97.6 Å². The van der Waals surface area contributed by atoms with Crippen LogP contribution in [0.2, 0.25) is 5.82 Å². The average Bonchev–Trinajstić information content (AvgIpc) is 2.25.